The van der Waals surface area contributed by atoms with Crippen molar-refractivity contribution in [3.8, 4) is 0 Å². The van der Waals surface area contributed by atoms with Gasteiger partial charge in [0.05, 0.1) is 5.41 Å². The lowest BCUT2D eigenvalue weighted by Gasteiger charge is -2.44. The highest BCUT2D eigenvalue weighted by Gasteiger charge is 2.42. The standard InChI is InChI=1S/C17H32N2O/c1-5-17(9-6-10-18-13-17)15(20)19-11-7-14(8-12-19)16(2,3)4/h14,18H,5-13H2,1-4H3. The molecule has 0 bridgehead atoms. The van der Waals surface area contributed by atoms with Crippen LogP contribution >= 0.6 is 0 Å². The van der Waals surface area contributed by atoms with Crippen LogP contribution < -0.4 is 5.32 Å². The fraction of sp³-hybridized carbons (Fsp3) is 0.941. The van der Waals surface area contributed by atoms with Crippen LogP contribution in [0.3, 0.4) is 0 Å². The fourth-order valence-electron chi connectivity index (χ4n) is 3.89. The monoisotopic (exact) mass is 280 g/mol. The van der Waals surface area contributed by atoms with Crippen LogP contribution in [0.5, 0.6) is 0 Å². The number of hydrogen-bond donors (Lipinski definition) is 1. The summed E-state index contributed by atoms with van der Waals surface area (Å²) < 4.78 is 0. The molecule has 0 aromatic rings. The Balaban J connectivity index is 1.97. The molecule has 2 aliphatic heterocycles. The highest BCUT2D eigenvalue weighted by Crippen LogP contribution is 2.37. The summed E-state index contributed by atoms with van der Waals surface area (Å²) in [5, 5.41) is 3.43. The maximum atomic E-state index is 12.9. The SMILES string of the molecule is CCC1(C(=O)N2CCC(C(C)(C)C)CC2)CCCNC1. The van der Waals surface area contributed by atoms with Gasteiger partial charge in [0.15, 0.2) is 0 Å². The van der Waals surface area contributed by atoms with Crippen LogP contribution in [0.1, 0.15) is 59.8 Å². The molecule has 1 atom stereocenters. The summed E-state index contributed by atoms with van der Waals surface area (Å²) in [6.07, 6.45) is 5.51. The molecular formula is C17H32N2O. The molecule has 0 aromatic carbocycles. The van der Waals surface area contributed by atoms with Gasteiger partial charge >= 0.3 is 0 Å². The first kappa shape index (κ1) is 15.8. The molecule has 0 aliphatic carbocycles. The van der Waals surface area contributed by atoms with Gasteiger partial charge in [-0.3, -0.25) is 4.79 Å². The summed E-state index contributed by atoms with van der Waals surface area (Å²) in [5.41, 5.74) is 0.261. The van der Waals surface area contributed by atoms with E-state index >= 15 is 0 Å². The Bertz CT molecular complexity index is 331. The van der Waals surface area contributed by atoms with Crippen molar-refractivity contribution >= 4 is 5.91 Å². The van der Waals surface area contributed by atoms with E-state index in [1.165, 1.54) is 12.8 Å². The first-order valence-electron chi connectivity index (χ1n) is 8.39. The van der Waals surface area contributed by atoms with Gasteiger partial charge in [-0.05, 0) is 50.0 Å². The van der Waals surface area contributed by atoms with E-state index < -0.39 is 0 Å². The van der Waals surface area contributed by atoms with Gasteiger partial charge in [-0.2, -0.15) is 0 Å². The van der Waals surface area contributed by atoms with Crippen LogP contribution in [-0.4, -0.2) is 37.0 Å². The molecule has 1 N–H and O–H groups in total. The summed E-state index contributed by atoms with van der Waals surface area (Å²) in [5.74, 6) is 1.17. The number of hydrogen-bond acceptors (Lipinski definition) is 2. The van der Waals surface area contributed by atoms with Crippen LogP contribution in [-0.2, 0) is 4.79 Å². The normalized spacial score (nSPS) is 29.5. The number of nitrogens with zero attached hydrogens (tertiary/aromatic N) is 1. The van der Waals surface area contributed by atoms with E-state index in [9.17, 15) is 4.79 Å². The van der Waals surface area contributed by atoms with E-state index in [-0.39, 0.29) is 5.41 Å². The van der Waals surface area contributed by atoms with Crippen molar-refractivity contribution < 1.29 is 4.79 Å². The summed E-state index contributed by atoms with van der Waals surface area (Å²) >= 11 is 0. The summed E-state index contributed by atoms with van der Waals surface area (Å²) in [4.78, 5) is 15.1. The average molecular weight is 280 g/mol. The van der Waals surface area contributed by atoms with Crippen LogP contribution in [0.15, 0.2) is 0 Å². The molecule has 2 saturated heterocycles. The molecule has 2 fully saturated rings. The quantitative estimate of drug-likeness (QED) is 0.843. The average Bonchev–Trinajstić information content (AvgIpc) is 2.46. The smallest absolute Gasteiger partial charge is 0.230 e. The van der Waals surface area contributed by atoms with Gasteiger partial charge in [-0.25, -0.2) is 0 Å². The van der Waals surface area contributed by atoms with Crippen molar-refractivity contribution in [3.63, 3.8) is 0 Å². The highest BCUT2D eigenvalue weighted by atomic mass is 16.2. The zero-order chi connectivity index (χ0) is 14.8. The summed E-state index contributed by atoms with van der Waals surface area (Å²) in [6, 6.07) is 0. The predicted molar refractivity (Wildman–Crippen MR) is 83.6 cm³/mol. The van der Waals surface area contributed by atoms with E-state index in [4.69, 9.17) is 0 Å². The van der Waals surface area contributed by atoms with Crippen molar-refractivity contribution in [1.29, 1.82) is 0 Å². The molecule has 0 radical (unpaired) electrons. The second-order valence-electron chi connectivity index (χ2n) is 7.85. The van der Waals surface area contributed by atoms with Crippen molar-refractivity contribution in [1.82, 2.24) is 10.2 Å². The Hall–Kier alpha value is -0.570. The molecule has 2 rings (SSSR count). The molecule has 0 spiro atoms. The zero-order valence-electron chi connectivity index (χ0n) is 13.8. The summed E-state index contributed by atoms with van der Waals surface area (Å²) in [7, 11) is 0. The zero-order valence-corrected chi connectivity index (χ0v) is 13.8. The van der Waals surface area contributed by atoms with Gasteiger partial charge in [0.25, 0.3) is 0 Å². The Morgan fingerprint density at radius 2 is 1.95 bits per heavy atom. The predicted octanol–water partition coefficient (Wildman–Crippen LogP) is 3.05. The minimum Gasteiger partial charge on any atom is -0.342 e. The number of nitrogens with one attached hydrogen (secondary N) is 1. The van der Waals surface area contributed by atoms with E-state index in [0.29, 0.717) is 11.3 Å². The second kappa shape index (κ2) is 6.05. The minimum atomic E-state index is -0.118. The van der Waals surface area contributed by atoms with Crippen LogP contribution in [0.4, 0.5) is 0 Å². The highest BCUT2D eigenvalue weighted by molar-refractivity contribution is 5.83. The molecule has 2 heterocycles. The number of carbonyl (C=O) groups is 1. The summed E-state index contributed by atoms with van der Waals surface area (Å²) in [6.45, 7) is 13.0. The van der Waals surface area contributed by atoms with Crippen molar-refractivity contribution in [2.24, 2.45) is 16.7 Å². The molecule has 3 nitrogen and oxygen atoms in total. The number of rotatable bonds is 2. The maximum absolute atomic E-state index is 12.9. The second-order valence-corrected chi connectivity index (χ2v) is 7.85. The van der Waals surface area contributed by atoms with Gasteiger partial charge in [0, 0.05) is 19.6 Å². The third kappa shape index (κ3) is 3.19. The fourth-order valence-corrected chi connectivity index (χ4v) is 3.89. The third-order valence-corrected chi connectivity index (χ3v) is 5.61. The lowest BCUT2D eigenvalue weighted by atomic mass is 9.73. The van der Waals surface area contributed by atoms with E-state index in [0.717, 1.165) is 51.4 Å². The van der Waals surface area contributed by atoms with E-state index in [2.05, 4.69) is 37.9 Å². The topological polar surface area (TPSA) is 32.3 Å². The Morgan fingerprint density at radius 1 is 1.30 bits per heavy atom. The van der Waals surface area contributed by atoms with E-state index in [1.807, 2.05) is 0 Å². The molecule has 116 valence electrons. The van der Waals surface area contributed by atoms with Crippen molar-refractivity contribution in [3.05, 3.63) is 0 Å². The largest absolute Gasteiger partial charge is 0.342 e. The van der Waals surface area contributed by atoms with Gasteiger partial charge in [0.1, 0.15) is 0 Å². The first-order valence-corrected chi connectivity index (χ1v) is 8.39. The molecule has 0 aromatic heterocycles. The Kier molecular flexibility index (Phi) is 4.78. The van der Waals surface area contributed by atoms with Crippen LogP contribution in [0, 0.1) is 16.7 Å². The number of amides is 1. The van der Waals surface area contributed by atoms with Crippen LogP contribution in [0.2, 0.25) is 0 Å². The van der Waals surface area contributed by atoms with Gasteiger partial charge in [0.2, 0.25) is 5.91 Å². The van der Waals surface area contributed by atoms with Gasteiger partial charge in [-0.1, -0.05) is 27.7 Å². The Labute approximate surface area is 124 Å². The molecule has 0 saturated carbocycles. The molecule has 3 heteroatoms. The minimum absolute atomic E-state index is 0.118. The Morgan fingerprint density at radius 3 is 2.40 bits per heavy atom. The van der Waals surface area contributed by atoms with E-state index in [1.54, 1.807) is 0 Å². The number of likely N-dealkylation sites (tertiary alicyclic amines) is 1. The third-order valence-electron chi connectivity index (χ3n) is 5.61. The van der Waals surface area contributed by atoms with Gasteiger partial charge < -0.3 is 10.2 Å². The number of carbonyl (C=O) groups excluding carboxylic acids is 1. The van der Waals surface area contributed by atoms with Crippen molar-refractivity contribution in [2.75, 3.05) is 26.2 Å². The first-order chi connectivity index (χ1) is 9.39. The molecule has 1 unspecified atom stereocenters. The van der Waals surface area contributed by atoms with Gasteiger partial charge in [-0.15, -0.1) is 0 Å². The lowest BCUT2D eigenvalue weighted by molar-refractivity contribution is -0.145. The van der Waals surface area contributed by atoms with Crippen molar-refractivity contribution in [2.45, 2.75) is 59.8 Å². The van der Waals surface area contributed by atoms with Crippen LogP contribution in [0.25, 0.3) is 0 Å². The maximum Gasteiger partial charge on any atom is 0.230 e. The molecule has 2 aliphatic rings. The number of piperidine rings is 2. The molecule has 1 amide bonds. The lowest BCUT2D eigenvalue weighted by Crippen LogP contribution is -2.53. The molecule has 20 heavy (non-hydrogen) atoms. The molecular weight excluding hydrogens is 248 g/mol.